The summed E-state index contributed by atoms with van der Waals surface area (Å²) in [5.41, 5.74) is 7.02. The number of nitrogens with two attached hydrogens (primary N) is 1. The van der Waals surface area contributed by atoms with Crippen LogP contribution in [0.15, 0.2) is 52.5 Å². The van der Waals surface area contributed by atoms with Crippen molar-refractivity contribution in [2.75, 3.05) is 5.73 Å². The Labute approximate surface area is 128 Å². The number of tetrazole rings is 1. The number of aromatic nitrogens is 4. The number of rotatable bonds is 3. The van der Waals surface area contributed by atoms with Gasteiger partial charge in [-0.3, -0.25) is 0 Å². The Balaban J connectivity index is 1.97. The van der Waals surface area contributed by atoms with Gasteiger partial charge in [0.2, 0.25) is 5.16 Å². The SMILES string of the molecule is Nc1cc(Cl)c(F)cc1Sc1nnnn1-c1ccccc1. The van der Waals surface area contributed by atoms with Crippen LogP contribution in [-0.4, -0.2) is 20.2 Å². The van der Waals surface area contributed by atoms with E-state index in [-0.39, 0.29) is 5.02 Å². The molecule has 0 amide bonds. The molecule has 0 radical (unpaired) electrons. The third kappa shape index (κ3) is 2.84. The lowest BCUT2D eigenvalue weighted by Gasteiger charge is -2.07. The van der Waals surface area contributed by atoms with Crippen LogP contribution in [0.2, 0.25) is 5.02 Å². The van der Waals surface area contributed by atoms with Gasteiger partial charge < -0.3 is 5.73 Å². The molecule has 3 aromatic rings. The smallest absolute Gasteiger partial charge is 0.218 e. The number of nitrogen functional groups attached to an aromatic ring is 1. The van der Waals surface area contributed by atoms with Crippen molar-refractivity contribution in [3.8, 4) is 5.69 Å². The quantitative estimate of drug-likeness (QED) is 0.750. The van der Waals surface area contributed by atoms with Crippen LogP contribution in [0.25, 0.3) is 5.69 Å². The van der Waals surface area contributed by atoms with E-state index in [1.807, 2.05) is 30.3 Å². The molecule has 0 aliphatic heterocycles. The van der Waals surface area contributed by atoms with Crippen LogP contribution in [0.1, 0.15) is 0 Å². The van der Waals surface area contributed by atoms with E-state index in [0.717, 1.165) is 5.69 Å². The van der Waals surface area contributed by atoms with Crippen molar-refractivity contribution in [1.82, 2.24) is 20.2 Å². The van der Waals surface area contributed by atoms with Crippen LogP contribution in [0.4, 0.5) is 10.1 Å². The molecule has 21 heavy (non-hydrogen) atoms. The molecule has 0 saturated carbocycles. The van der Waals surface area contributed by atoms with Gasteiger partial charge in [-0.25, -0.2) is 4.39 Å². The summed E-state index contributed by atoms with van der Waals surface area (Å²) >= 11 is 6.85. The number of anilines is 1. The number of halogens is 2. The van der Waals surface area contributed by atoms with E-state index in [2.05, 4.69) is 15.5 Å². The van der Waals surface area contributed by atoms with Crippen LogP contribution in [0.3, 0.4) is 0 Å². The molecule has 0 unspecified atom stereocenters. The molecule has 1 heterocycles. The van der Waals surface area contributed by atoms with Crippen molar-refractivity contribution < 1.29 is 4.39 Å². The summed E-state index contributed by atoms with van der Waals surface area (Å²) in [7, 11) is 0. The van der Waals surface area contributed by atoms with Gasteiger partial charge in [-0.05, 0) is 46.5 Å². The lowest BCUT2D eigenvalue weighted by molar-refractivity contribution is 0.625. The van der Waals surface area contributed by atoms with Gasteiger partial charge in [0.05, 0.1) is 10.7 Å². The van der Waals surface area contributed by atoms with Gasteiger partial charge >= 0.3 is 0 Å². The minimum absolute atomic E-state index is 0.0144. The second kappa shape index (κ2) is 5.71. The molecule has 3 rings (SSSR count). The van der Waals surface area contributed by atoms with E-state index in [1.54, 1.807) is 4.68 Å². The van der Waals surface area contributed by atoms with Crippen molar-refractivity contribution >= 4 is 29.1 Å². The van der Waals surface area contributed by atoms with Crippen molar-refractivity contribution in [2.24, 2.45) is 0 Å². The molecule has 106 valence electrons. The third-order valence-corrected chi connectivity index (χ3v) is 4.00. The number of benzene rings is 2. The van der Waals surface area contributed by atoms with Crippen LogP contribution in [0.5, 0.6) is 0 Å². The minimum atomic E-state index is -0.535. The highest BCUT2D eigenvalue weighted by Gasteiger charge is 2.13. The molecular weight excluding hydrogens is 313 g/mol. The largest absolute Gasteiger partial charge is 0.398 e. The fourth-order valence-electron chi connectivity index (χ4n) is 1.70. The van der Waals surface area contributed by atoms with Crippen molar-refractivity contribution in [3.05, 3.63) is 53.3 Å². The Hall–Kier alpha value is -2.12. The van der Waals surface area contributed by atoms with Gasteiger partial charge in [0, 0.05) is 10.6 Å². The zero-order valence-corrected chi connectivity index (χ0v) is 12.1. The Morgan fingerprint density at radius 2 is 1.95 bits per heavy atom. The number of para-hydroxylation sites is 1. The zero-order valence-electron chi connectivity index (χ0n) is 10.6. The van der Waals surface area contributed by atoms with Crippen molar-refractivity contribution in [1.29, 1.82) is 0 Å². The van der Waals surface area contributed by atoms with E-state index >= 15 is 0 Å². The average molecular weight is 322 g/mol. The highest BCUT2D eigenvalue weighted by Crippen LogP contribution is 2.34. The normalized spacial score (nSPS) is 10.8. The maximum atomic E-state index is 13.6. The van der Waals surface area contributed by atoms with Crippen molar-refractivity contribution in [2.45, 2.75) is 10.1 Å². The zero-order chi connectivity index (χ0) is 14.8. The summed E-state index contributed by atoms with van der Waals surface area (Å²) in [5.74, 6) is -0.535. The molecule has 0 fully saturated rings. The fraction of sp³-hybridized carbons (Fsp3) is 0. The first kappa shape index (κ1) is 13.8. The Morgan fingerprint density at radius 3 is 2.71 bits per heavy atom. The van der Waals surface area contributed by atoms with Crippen LogP contribution < -0.4 is 5.73 Å². The number of hydrogen-bond acceptors (Lipinski definition) is 5. The van der Waals surface area contributed by atoms with E-state index in [1.165, 1.54) is 23.9 Å². The first-order chi connectivity index (χ1) is 10.1. The van der Waals surface area contributed by atoms with Gasteiger partial charge in [-0.1, -0.05) is 29.8 Å². The first-order valence-electron chi connectivity index (χ1n) is 5.91. The van der Waals surface area contributed by atoms with Gasteiger partial charge in [-0.2, -0.15) is 4.68 Å². The molecule has 0 spiro atoms. The molecule has 2 N–H and O–H groups in total. The fourth-order valence-corrected chi connectivity index (χ4v) is 2.72. The van der Waals surface area contributed by atoms with Crippen LogP contribution >= 0.6 is 23.4 Å². The highest BCUT2D eigenvalue weighted by molar-refractivity contribution is 7.99. The summed E-state index contributed by atoms with van der Waals surface area (Å²) in [6.07, 6.45) is 0. The summed E-state index contributed by atoms with van der Waals surface area (Å²) in [4.78, 5) is 0.504. The third-order valence-electron chi connectivity index (χ3n) is 2.70. The Kier molecular flexibility index (Phi) is 3.76. The maximum Gasteiger partial charge on any atom is 0.218 e. The molecule has 8 heteroatoms. The van der Waals surface area contributed by atoms with E-state index in [0.29, 0.717) is 15.7 Å². The second-order valence-corrected chi connectivity index (χ2v) is 5.53. The summed E-state index contributed by atoms with van der Waals surface area (Å²) in [5, 5.41) is 12.0. The molecule has 0 bridgehead atoms. The number of hydrogen-bond donors (Lipinski definition) is 1. The summed E-state index contributed by atoms with van der Waals surface area (Å²) < 4.78 is 15.1. The topological polar surface area (TPSA) is 69.6 Å². The second-order valence-electron chi connectivity index (χ2n) is 4.12. The molecule has 0 aliphatic carbocycles. The van der Waals surface area contributed by atoms with Gasteiger partial charge in [0.15, 0.2) is 0 Å². The summed E-state index contributed by atoms with van der Waals surface area (Å²) in [6, 6.07) is 12.0. The first-order valence-corrected chi connectivity index (χ1v) is 7.11. The monoisotopic (exact) mass is 321 g/mol. The molecule has 1 aromatic heterocycles. The van der Waals surface area contributed by atoms with Gasteiger partial charge in [0.1, 0.15) is 5.82 Å². The van der Waals surface area contributed by atoms with E-state index in [4.69, 9.17) is 17.3 Å². The van der Waals surface area contributed by atoms with Crippen LogP contribution in [0, 0.1) is 5.82 Å². The van der Waals surface area contributed by atoms with Gasteiger partial charge in [-0.15, -0.1) is 5.10 Å². The molecule has 0 aliphatic rings. The minimum Gasteiger partial charge on any atom is -0.398 e. The average Bonchev–Trinajstić information content (AvgIpc) is 2.94. The van der Waals surface area contributed by atoms with Gasteiger partial charge in [0.25, 0.3) is 0 Å². The summed E-state index contributed by atoms with van der Waals surface area (Å²) in [6.45, 7) is 0. The standard InChI is InChI=1S/C13H9ClFN5S/c14-9-6-11(16)12(7-10(9)15)21-13-17-18-19-20(13)8-4-2-1-3-5-8/h1-7H,16H2. The van der Waals surface area contributed by atoms with E-state index in [9.17, 15) is 4.39 Å². The highest BCUT2D eigenvalue weighted by atomic mass is 35.5. The number of nitrogens with zero attached hydrogens (tertiary/aromatic N) is 4. The molecule has 0 atom stereocenters. The maximum absolute atomic E-state index is 13.6. The predicted molar refractivity (Wildman–Crippen MR) is 79.1 cm³/mol. The Morgan fingerprint density at radius 1 is 1.19 bits per heavy atom. The lowest BCUT2D eigenvalue weighted by Crippen LogP contribution is -1.99. The molecule has 0 saturated heterocycles. The van der Waals surface area contributed by atoms with Crippen molar-refractivity contribution in [3.63, 3.8) is 0 Å². The van der Waals surface area contributed by atoms with Crippen LogP contribution in [-0.2, 0) is 0 Å². The molecule has 2 aromatic carbocycles. The lowest BCUT2D eigenvalue weighted by atomic mass is 10.3. The molecular formula is C13H9ClFN5S. The van der Waals surface area contributed by atoms with E-state index < -0.39 is 5.82 Å². The molecule has 5 nitrogen and oxygen atoms in total. The predicted octanol–water partition coefficient (Wildman–Crippen LogP) is 3.19. The Bertz CT molecular complexity index is 777.